The molecule has 0 aliphatic carbocycles. The average Bonchev–Trinajstić information content (AvgIpc) is 2.78. The molecule has 1 amide bonds. The van der Waals surface area contributed by atoms with Gasteiger partial charge in [-0.2, -0.15) is 0 Å². The molecule has 1 aromatic carbocycles. The summed E-state index contributed by atoms with van der Waals surface area (Å²) < 4.78 is 0. The second-order valence-corrected chi connectivity index (χ2v) is 5.77. The second kappa shape index (κ2) is 6.37. The third-order valence-corrected chi connectivity index (χ3v) is 4.24. The molecule has 100 valence electrons. The maximum atomic E-state index is 11.9. The van der Waals surface area contributed by atoms with Gasteiger partial charge in [0.2, 0.25) is 0 Å². The lowest BCUT2D eigenvalue weighted by Gasteiger charge is -2.05. The van der Waals surface area contributed by atoms with Gasteiger partial charge in [-0.3, -0.25) is 4.79 Å². The van der Waals surface area contributed by atoms with E-state index in [1.807, 2.05) is 12.3 Å². The first kappa shape index (κ1) is 14.3. The fourth-order valence-corrected chi connectivity index (χ4v) is 2.61. The highest BCUT2D eigenvalue weighted by Gasteiger charge is 2.08. The molecule has 0 saturated heterocycles. The van der Waals surface area contributed by atoms with Crippen molar-refractivity contribution in [3.05, 3.63) is 49.9 Å². The van der Waals surface area contributed by atoms with Crippen molar-refractivity contribution in [3.8, 4) is 0 Å². The van der Waals surface area contributed by atoms with Crippen LogP contribution in [0.3, 0.4) is 0 Å². The summed E-state index contributed by atoms with van der Waals surface area (Å²) in [5, 5.41) is 6.67. The summed E-state index contributed by atoms with van der Waals surface area (Å²) in [4.78, 5) is 16.2. The normalized spacial score (nSPS) is 10.5. The molecule has 0 spiro atoms. The summed E-state index contributed by atoms with van der Waals surface area (Å²) in [5.41, 5.74) is 1.51. The number of nitrogens with one attached hydrogen (secondary N) is 1. The highest BCUT2D eigenvalue weighted by molar-refractivity contribution is 7.09. The number of amides is 1. The van der Waals surface area contributed by atoms with Crippen LogP contribution in [0.25, 0.3) is 0 Å². The zero-order chi connectivity index (χ0) is 13.8. The van der Waals surface area contributed by atoms with Gasteiger partial charge in [-0.1, -0.05) is 23.2 Å². The number of hydrogen-bond acceptors (Lipinski definition) is 3. The first-order chi connectivity index (χ1) is 9.06. The molecule has 0 saturated carbocycles. The molecule has 2 rings (SSSR count). The fourth-order valence-electron chi connectivity index (χ4n) is 1.54. The molecule has 0 fully saturated rings. The van der Waals surface area contributed by atoms with Gasteiger partial charge in [0.15, 0.2) is 0 Å². The molecule has 1 heterocycles. The lowest BCUT2D eigenvalue weighted by atomic mass is 10.2. The Labute approximate surface area is 125 Å². The summed E-state index contributed by atoms with van der Waals surface area (Å²) in [7, 11) is 0. The highest BCUT2D eigenvalue weighted by atomic mass is 35.5. The monoisotopic (exact) mass is 314 g/mol. The van der Waals surface area contributed by atoms with E-state index in [0.717, 1.165) is 17.1 Å². The summed E-state index contributed by atoms with van der Waals surface area (Å²) in [6.45, 7) is 2.50. The largest absolute Gasteiger partial charge is 0.352 e. The second-order valence-electron chi connectivity index (χ2n) is 4.02. The molecule has 0 atom stereocenters. The van der Waals surface area contributed by atoms with Crippen LogP contribution in [0, 0.1) is 6.92 Å². The number of hydrogen-bond donors (Lipinski definition) is 1. The van der Waals surface area contributed by atoms with Crippen LogP contribution in [0.2, 0.25) is 10.0 Å². The first-order valence-electron chi connectivity index (χ1n) is 5.70. The summed E-state index contributed by atoms with van der Waals surface area (Å²) in [6.07, 6.45) is 0.728. The van der Waals surface area contributed by atoms with Crippen molar-refractivity contribution in [2.24, 2.45) is 0 Å². The third kappa shape index (κ3) is 3.93. The van der Waals surface area contributed by atoms with Crippen molar-refractivity contribution in [2.45, 2.75) is 13.3 Å². The number of aromatic nitrogens is 1. The highest BCUT2D eigenvalue weighted by Crippen LogP contribution is 2.22. The van der Waals surface area contributed by atoms with Gasteiger partial charge in [0, 0.05) is 29.6 Å². The van der Waals surface area contributed by atoms with Gasteiger partial charge >= 0.3 is 0 Å². The molecule has 19 heavy (non-hydrogen) atoms. The Bertz CT molecular complexity index is 598. The molecule has 2 aromatic rings. The summed E-state index contributed by atoms with van der Waals surface area (Å²) in [6, 6.07) is 4.83. The summed E-state index contributed by atoms with van der Waals surface area (Å²) >= 11 is 13.3. The van der Waals surface area contributed by atoms with Crippen LogP contribution >= 0.6 is 34.5 Å². The van der Waals surface area contributed by atoms with Crippen LogP contribution in [-0.2, 0) is 6.42 Å². The van der Waals surface area contributed by atoms with Crippen LogP contribution in [0.1, 0.15) is 21.1 Å². The molecule has 0 radical (unpaired) electrons. The maximum Gasteiger partial charge on any atom is 0.251 e. The van der Waals surface area contributed by atoms with Crippen molar-refractivity contribution in [3.63, 3.8) is 0 Å². The van der Waals surface area contributed by atoms with E-state index in [0.29, 0.717) is 22.2 Å². The Balaban J connectivity index is 1.89. The zero-order valence-electron chi connectivity index (χ0n) is 10.2. The minimum absolute atomic E-state index is 0.160. The summed E-state index contributed by atoms with van der Waals surface area (Å²) in [5.74, 6) is -0.160. The lowest BCUT2D eigenvalue weighted by Crippen LogP contribution is -2.25. The third-order valence-electron chi connectivity index (χ3n) is 2.47. The number of thiazole rings is 1. The van der Waals surface area contributed by atoms with Crippen molar-refractivity contribution < 1.29 is 4.79 Å². The van der Waals surface area contributed by atoms with Gasteiger partial charge in [-0.25, -0.2) is 4.98 Å². The van der Waals surface area contributed by atoms with E-state index in [-0.39, 0.29) is 5.91 Å². The Kier molecular flexibility index (Phi) is 4.80. The molecule has 3 nitrogen and oxygen atoms in total. The first-order valence-corrected chi connectivity index (χ1v) is 7.34. The smallest absolute Gasteiger partial charge is 0.251 e. The molecule has 0 aliphatic heterocycles. The standard InChI is InChI=1S/C13H12Cl2N2OS/c1-8-7-19-12(17-8)4-5-16-13(18)9-2-3-10(14)11(15)6-9/h2-3,6-7H,4-5H2,1H3,(H,16,18). The minimum atomic E-state index is -0.160. The minimum Gasteiger partial charge on any atom is -0.352 e. The molecular weight excluding hydrogens is 303 g/mol. The number of carbonyl (C=O) groups is 1. The SMILES string of the molecule is Cc1csc(CCNC(=O)c2ccc(Cl)c(Cl)c2)n1. The van der Waals surface area contributed by atoms with Crippen molar-refractivity contribution in [2.75, 3.05) is 6.54 Å². The van der Waals surface area contributed by atoms with E-state index in [9.17, 15) is 4.79 Å². The van der Waals surface area contributed by atoms with Gasteiger partial charge in [0.1, 0.15) is 0 Å². The van der Waals surface area contributed by atoms with Gasteiger partial charge in [0.05, 0.1) is 15.1 Å². The zero-order valence-corrected chi connectivity index (χ0v) is 12.6. The average molecular weight is 315 g/mol. The van der Waals surface area contributed by atoms with Crippen LogP contribution in [0.4, 0.5) is 0 Å². The predicted octanol–water partition coefficient (Wildman–Crippen LogP) is 3.73. The number of benzene rings is 1. The number of carbonyl (C=O) groups excluding carboxylic acids is 1. The number of rotatable bonds is 4. The molecule has 1 aromatic heterocycles. The fraction of sp³-hybridized carbons (Fsp3) is 0.231. The van der Waals surface area contributed by atoms with Crippen LogP contribution in [0.5, 0.6) is 0 Å². The maximum absolute atomic E-state index is 11.9. The Morgan fingerprint density at radius 3 is 2.79 bits per heavy atom. The Morgan fingerprint density at radius 2 is 2.16 bits per heavy atom. The topological polar surface area (TPSA) is 42.0 Å². The number of nitrogens with zero attached hydrogens (tertiary/aromatic N) is 1. The predicted molar refractivity (Wildman–Crippen MR) is 79.4 cm³/mol. The van der Waals surface area contributed by atoms with E-state index in [1.165, 1.54) is 0 Å². The van der Waals surface area contributed by atoms with Gasteiger partial charge in [-0.05, 0) is 25.1 Å². The van der Waals surface area contributed by atoms with Crippen LogP contribution in [-0.4, -0.2) is 17.4 Å². The van der Waals surface area contributed by atoms with E-state index >= 15 is 0 Å². The van der Waals surface area contributed by atoms with E-state index in [2.05, 4.69) is 10.3 Å². The van der Waals surface area contributed by atoms with E-state index < -0.39 is 0 Å². The quantitative estimate of drug-likeness (QED) is 0.934. The molecule has 0 unspecified atom stereocenters. The molecular formula is C13H12Cl2N2OS. The number of aryl methyl sites for hydroxylation is 1. The van der Waals surface area contributed by atoms with Gasteiger partial charge in [0.25, 0.3) is 5.91 Å². The lowest BCUT2D eigenvalue weighted by molar-refractivity contribution is 0.0954. The molecule has 1 N–H and O–H groups in total. The van der Waals surface area contributed by atoms with Crippen molar-refractivity contribution >= 4 is 40.4 Å². The molecule has 6 heteroatoms. The number of halogens is 2. The molecule has 0 aliphatic rings. The van der Waals surface area contributed by atoms with E-state index in [4.69, 9.17) is 23.2 Å². The Hall–Kier alpha value is -1.10. The van der Waals surface area contributed by atoms with Gasteiger partial charge < -0.3 is 5.32 Å². The van der Waals surface area contributed by atoms with Crippen LogP contribution < -0.4 is 5.32 Å². The van der Waals surface area contributed by atoms with Crippen molar-refractivity contribution in [1.29, 1.82) is 0 Å². The van der Waals surface area contributed by atoms with Gasteiger partial charge in [-0.15, -0.1) is 11.3 Å². The molecule has 0 bridgehead atoms. The van der Waals surface area contributed by atoms with Crippen molar-refractivity contribution in [1.82, 2.24) is 10.3 Å². The van der Waals surface area contributed by atoms with E-state index in [1.54, 1.807) is 29.5 Å². The van der Waals surface area contributed by atoms with Crippen LogP contribution in [0.15, 0.2) is 23.6 Å². The Morgan fingerprint density at radius 1 is 1.37 bits per heavy atom.